The van der Waals surface area contributed by atoms with Gasteiger partial charge in [-0.15, -0.1) is 24.0 Å². The van der Waals surface area contributed by atoms with Crippen LogP contribution in [0, 0.1) is 5.41 Å². The number of halogens is 1. The molecule has 1 saturated heterocycles. The molecule has 0 aromatic rings. The van der Waals surface area contributed by atoms with Crippen LogP contribution in [0.15, 0.2) is 4.99 Å². The second-order valence-electron chi connectivity index (χ2n) is 7.21. The Balaban J connectivity index is 0.00000192. The van der Waals surface area contributed by atoms with E-state index in [0.29, 0.717) is 17.9 Å². The molecule has 1 spiro atoms. The second-order valence-corrected chi connectivity index (χ2v) is 7.21. The predicted octanol–water partition coefficient (Wildman–Crippen LogP) is 2.50. The molecule has 2 N–H and O–H groups in total. The molecule has 3 aliphatic rings. The highest BCUT2D eigenvalue weighted by Crippen LogP contribution is 2.47. The van der Waals surface area contributed by atoms with Crippen molar-refractivity contribution < 1.29 is 4.79 Å². The number of amides is 1. The Hall–Kier alpha value is -0.530. The van der Waals surface area contributed by atoms with Crippen LogP contribution >= 0.6 is 24.0 Å². The first-order valence-electron chi connectivity index (χ1n) is 9.03. The summed E-state index contributed by atoms with van der Waals surface area (Å²) in [5, 5.41) is 6.45. The van der Waals surface area contributed by atoms with Crippen molar-refractivity contribution in [1.82, 2.24) is 15.5 Å². The summed E-state index contributed by atoms with van der Waals surface area (Å²) < 4.78 is 0. The van der Waals surface area contributed by atoms with Gasteiger partial charge >= 0.3 is 0 Å². The fourth-order valence-corrected chi connectivity index (χ4v) is 3.58. The number of guanidine groups is 1. The minimum atomic E-state index is 0. The Labute approximate surface area is 157 Å². The van der Waals surface area contributed by atoms with Crippen molar-refractivity contribution in [1.29, 1.82) is 0 Å². The number of nitrogens with zero attached hydrogens (tertiary/aromatic N) is 2. The molecule has 132 valence electrons. The third kappa shape index (κ3) is 5.22. The molecule has 1 aliphatic heterocycles. The summed E-state index contributed by atoms with van der Waals surface area (Å²) in [6.45, 7) is 6.07. The van der Waals surface area contributed by atoms with Gasteiger partial charge in [-0.2, -0.15) is 0 Å². The van der Waals surface area contributed by atoms with Gasteiger partial charge in [-0.3, -0.25) is 9.79 Å². The average Bonchev–Trinajstić information content (AvgIpc) is 3.15. The lowest BCUT2D eigenvalue weighted by molar-refractivity contribution is -0.121. The number of likely N-dealkylation sites (tertiary alicyclic amines) is 1. The van der Waals surface area contributed by atoms with E-state index in [1.807, 2.05) is 0 Å². The first-order chi connectivity index (χ1) is 10.7. The molecule has 0 aromatic carbocycles. The lowest BCUT2D eigenvalue weighted by atomic mass is 9.68. The molecular weight excluding hydrogens is 403 g/mol. The standard InChI is InChI=1S/C17H30N4O.HI/c1-2-18-16(21-12-10-17(13-21)8-4-9-17)19-11-3-5-15(22)20-14-6-7-14;/h14H,2-13H2,1H3,(H,18,19)(H,20,22);1H. The molecule has 3 rings (SSSR count). The number of rotatable bonds is 6. The number of carbonyl (C=O) groups is 1. The summed E-state index contributed by atoms with van der Waals surface area (Å²) >= 11 is 0. The van der Waals surface area contributed by atoms with Gasteiger partial charge in [0.15, 0.2) is 5.96 Å². The molecule has 0 bridgehead atoms. The van der Waals surface area contributed by atoms with Gasteiger partial charge in [-0.1, -0.05) is 6.42 Å². The summed E-state index contributed by atoms with van der Waals surface area (Å²) in [5.41, 5.74) is 0.598. The number of aliphatic imine (C=N–C) groups is 1. The van der Waals surface area contributed by atoms with E-state index < -0.39 is 0 Å². The summed E-state index contributed by atoms with van der Waals surface area (Å²) in [4.78, 5) is 18.8. The summed E-state index contributed by atoms with van der Waals surface area (Å²) in [6, 6.07) is 0.469. The number of hydrogen-bond acceptors (Lipinski definition) is 2. The van der Waals surface area contributed by atoms with E-state index in [0.717, 1.165) is 44.9 Å². The van der Waals surface area contributed by atoms with Crippen molar-refractivity contribution in [2.75, 3.05) is 26.2 Å². The molecule has 5 nitrogen and oxygen atoms in total. The van der Waals surface area contributed by atoms with Crippen LogP contribution in [0.4, 0.5) is 0 Å². The minimum absolute atomic E-state index is 0. The van der Waals surface area contributed by atoms with Crippen LogP contribution in [0.5, 0.6) is 0 Å². The first-order valence-corrected chi connectivity index (χ1v) is 9.03. The lowest BCUT2D eigenvalue weighted by Gasteiger charge is -2.38. The third-order valence-corrected chi connectivity index (χ3v) is 5.25. The van der Waals surface area contributed by atoms with Crippen LogP contribution in [0.1, 0.15) is 58.3 Å². The SMILES string of the molecule is CCNC(=NCCCC(=O)NC1CC1)N1CCC2(CCC2)C1.I. The maximum absolute atomic E-state index is 11.7. The smallest absolute Gasteiger partial charge is 0.220 e. The fourth-order valence-electron chi connectivity index (χ4n) is 3.58. The molecule has 2 saturated carbocycles. The van der Waals surface area contributed by atoms with E-state index >= 15 is 0 Å². The minimum Gasteiger partial charge on any atom is -0.357 e. The monoisotopic (exact) mass is 434 g/mol. The molecule has 3 fully saturated rings. The Morgan fingerprint density at radius 1 is 1.30 bits per heavy atom. The van der Waals surface area contributed by atoms with Crippen LogP contribution in [0.2, 0.25) is 0 Å². The highest BCUT2D eigenvalue weighted by Gasteiger charge is 2.43. The van der Waals surface area contributed by atoms with Gasteiger partial charge in [-0.05, 0) is 50.9 Å². The zero-order valence-electron chi connectivity index (χ0n) is 14.3. The van der Waals surface area contributed by atoms with Gasteiger partial charge in [0.25, 0.3) is 0 Å². The van der Waals surface area contributed by atoms with Gasteiger partial charge in [0, 0.05) is 38.6 Å². The average molecular weight is 434 g/mol. The van der Waals surface area contributed by atoms with Gasteiger partial charge < -0.3 is 15.5 Å². The number of nitrogens with one attached hydrogen (secondary N) is 2. The Morgan fingerprint density at radius 3 is 2.65 bits per heavy atom. The molecule has 1 amide bonds. The summed E-state index contributed by atoms with van der Waals surface area (Å²) in [5.74, 6) is 1.24. The highest BCUT2D eigenvalue weighted by atomic mass is 127. The Morgan fingerprint density at radius 2 is 2.09 bits per heavy atom. The molecule has 0 unspecified atom stereocenters. The van der Waals surface area contributed by atoms with Gasteiger partial charge in [0.05, 0.1) is 0 Å². The predicted molar refractivity (Wildman–Crippen MR) is 104 cm³/mol. The second kappa shape index (κ2) is 8.53. The fraction of sp³-hybridized carbons (Fsp3) is 0.882. The summed E-state index contributed by atoms with van der Waals surface area (Å²) in [7, 11) is 0. The van der Waals surface area contributed by atoms with Crippen molar-refractivity contribution in [2.24, 2.45) is 10.4 Å². The molecule has 0 aromatic heterocycles. The van der Waals surface area contributed by atoms with Gasteiger partial charge in [0.2, 0.25) is 5.91 Å². The van der Waals surface area contributed by atoms with Crippen molar-refractivity contribution in [3.63, 3.8) is 0 Å². The third-order valence-electron chi connectivity index (χ3n) is 5.25. The molecule has 1 heterocycles. The van der Waals surface area contributed by atoms with Gasteiger partial charge in [-0.25, -0.2) is 0 Å². The number of carbonyl (C=O) groups excluding carboxylic acids is 1. The largest absolute Gasteiger partial charge is 0.357 e. The van der Waals surface area contributed by atoms with E-state index in [2.05, 4.69) is 22.5 Å². The van der Waals surface area contributed by atoms with Crippen LogP contribution < -0.4 is 10.6 Å². The topological polar surface area (TPSA) is 56.7 Å². The molecule has 6 heteroatoms. The van der Waals surface area contributed by atoms with Crippen LogP contribution in [-0.4, -0.2) is 49.0 Å². The maximum atomic E-state index is 11.7. The summed E-state index contributed by atoms with van der Waals surface area (Å²) in [6.07, 6.45) is 9.26. The molecule has 23 heavy (non-hydrogen) atoms. The highest BCUT2D eigenvalue weighted by molar-refractivity contribution is 14.0. The van der Waals surface area contributed by atoms with E-state index in [4.69, 9.17) is 4.99 Å². The maximum Gasteiger partial charge on any atom is 0.220 e. The van der Waals surface area contributed by atoms with Crippen molar-refractivity contribution in [3.8, 4) is 0 Å². The van der Waals surface area contributed by atoms with Crippen molar-refractivity contribution in [2.45, 2.75) is 64.3 Å². The number of hydrogen-bond donors (Lipinski definition) is 2. The van der Waals surface area contributed by atoms with E-state index in [1.54, 1.807) is 0 Å². The lowest BCUT2D eigenvalue weighted by Crippen LogP contribution is -2.42. The van der Waals surface area contributed by atoms with Crippen LogP contribution in [0.25, 0.3) is 0 Å². The molecular formula is C17H31IN4O. The van der Waals surface area contributed by atoms with Crippen molar-refractivity contribution >= 4 is 35.8 Å². The molecule has 0 atom stereocenters. The quantitative estimate of drug-likeness (QED) is 0.292. The zero-order chi connectivity index (χ0) is 15.4. The van der Waals surface area contributed by atoms with Crippen molar-refractivity contribution in [3.05, 3.63) is 0 Å². The first kappa shape index (κ1) is 18.8. The Bertz CT molecular complexity index is 432. The molecule has 2 aliphatic carbocycles. The van der Waals surface area contributed by atoms with Crippen LogP contribution in [-0.2, 0) is 4.79 Å². The van der Waals surface area contributed by atoms with E-state index in [9.17, 15) is 4.79 Å². The van der Waals surface area contributed by atoms with E-state index in [-0.39, 0.29) is 29.9 Å². The van der Waals surface area contributed by atoms with Crippen LogP contribution in [0.3, 0.4) is 0 Å². The zero-order valence-corrected chi connectivity index (χ0v) is 16.6. The normalized spacial score (nSPS) is 22.5. The van der Waals surface area contributed by atoms with E-state index in [1.165, 1.54) is 32.2 Å². The molecule has 0 radical (unpaired) electrons. The Kier molecular flexibility index (Phi) is 6.98. The van der Waals surface area contributed by atoms with Gasteiger partial charge in [0.1, 0.15) is 0 Å².